The second-order valence-electron chi connectivity index (χ2n) is 2.68. The lowest BCUT2D eigenvalue weighted by atomic mass is 10.2. The molecule has 0 saturated carbocycles. The van der Waals surface area contributed by atoms with E-state index in [2.05, 4.69) is 0 Å². The van der Waals surface area contributed by atoms with Gasteiger partial charge in [-0.2, -0.15) is 0 Å². The highest BCUT2D eigenvalue weighted by molar-refractivity contribution is 5.59. The molecule has 0 saturated heterocycles. The van der Waals surface area contributed by atoms with Gasteiger partial charge in [0.2, 0.25) is 0 Å². The molecule has 0 atom stereocenters. The first-order chi connectivity index (χ1) is 6.81. The molecule has 0 spiro atoms. The van der Waals surface area contributed by atoms with Crippen LogP contribution in [0.4, 0.5) is 0 Å². The maximum atomic E-state index is 10.3. The van der Waals surface area contributed by atoms with Gasteiger partial charge >= 0.3 is 0 Å². The molecule has 0 N–H and O–H groups in total. The minimum atomic E-state index is -0.227. The van der Waals surface area contributed by atoms with Gasteiger partial charge in [-0.05, 0) is 12.1 Å². The molecule has 0 fully saturated rings. The summed E-state index contributed by atoms with van der Waals surface area (Å²) in [5.74, 6) is 1.44. The van der Waals surface area contributed by atoms with E-state index < -0.39 is 0 Å². The first kappa shape index (κ1) is 10.6. The average Bonchev–Trinajstić information content (AvgIpc) is 2.26. The van der Waals surface area contributed by atoms with Gasteiger partial charge in [0, 0.05) is 11.6 Å². The van der Waals surface area contributed by atoms with Crippen molar-refractivity contribution in [3.05, 3.63) is 29.8 Å². The average molecular weight is 193 g/mol. The van der Waals surface area contributed by atoms with Crippen molar-refractivity contribution in [2.24, 2.45) is 0 Å². The summed E-state index contributed by atoms with van der Waals surface area (Å²) in [6.45, 7) is -0.227. The summed E-state index contributed by atoms with van der Waals surface area (Å²) in [6, 6.07) is 5.46. The van der Waals surface area contributed by atoms with Crippen molar-refractivity contribution in [2.45, 2.75) is 0 Å². The summed E-state index contributed by atoms with van der Waals surface area (Å²) < 4.78 is 10.2. The highest BCUT2D eigenvalue weighted by Crippen LogP contribution is 2.25. The predicted octanol–water partition coefficient (Wildman–Crippen LogP) is 2.15. The second kappa shape index (κ2) is 5.29. The topological polar surface area (TPSA) is 38.4 Å². The predicted molar refractivity (Wildman–Crippen MR) is 54.1 cm³/mol. The Bertz CT molecular complexity index is 318. The molecule has 0 aliphatic rings. The summed E-state index contributed by atoms with van der Waals surface area (Å²) in [4.78, 5) is 0. The molecule has 0 amide bonds. The normalized spacial score (nSPS) is 10.5. The van der Waals surface area contributed by atoms with Crippen LogP contribution in [0.1, 0.15) is 5.56 Å². The molecule has 3 nitrogen and oxygen atoms in total. The molecule has 0 bridgehead atoms. The van der Waals surface area contributed by atoms with Gasteiger partial charge in [-0.15, -0.1) is 0 Å². The van der Waals surface area contributed by atoms with E-state index in [4.69, 9.17) is 9.47 Å². The first-order valence-corrected chi connectivity index (χ1v) is 4.28. The summed E-state index contributed by atoms with van der Waals surface area (Å²) in [6.07, 6.45) is 3.29. The summed E-state index contributed by atoms with van der Waals surface area (Å²) in [7, 11) is 3.19. The molecular weight excluding hydrogens is 180 g/mol. The highest BCUT2D eigenvalue weighted by atomic mass is 16.5. The minimum Gasteiger partial charge on any atom is -0.497 e. The Balaban J connectivity index is 2.99. The van der Waals surface area contributed by atoms with E-state index in [0.29, 0.717) is 5.75 Å². The SMILES string of the molecule is COc1ccc(C=CC[O])c(OC)c1. The molecule has 1 rings (SSSR count). The lowest BCUT2D eigenvalue weighted by molar-refractivity contribution is 0.233. The molecule has 75 valence electrons. The maximum Gasteiger partial charge on any atom is 0.129 e. The van der Waals surface area contributed by atoms with Gasteiger partial charge in [-0.25, -0.2) is 5.11 Å². The lowest BCUT2D eigenvalue weighted by Crippen LogP contribution is -1.89. The van der Waals surface area contributed by atoms with Gasteiger partial charge in [-0.1, -0.05) is 12.2 Å². The largest absolute Gasteiger partial charge is 0.497 e. The Kier molecular flexibility index (Phi) is 4.01. The van der Waals surface area contributed by atoms with Crippen molar-refractivity contribution in [2.75, 3.05) is 20.8 Å². The van der Waals surface area contributed by atoms with Crippen molar-refractivity contribution < 1.29 is 14.6 Å². The highest BCUT2D eigenvalue weighted by Gasteiger charge is 2.01. The number of rotatable bonds is 4. The van der Waals surface area contributed by atoms with Crippen molar-refractivity contribution in [1.29, 1.82) is 0 Å². The van der Waals surface area contributed by atoms with Crippen LogP contribution in [0.15, 0.2) is 24.3 Å². The monoisotopic (exact) mass is 193 g/mol. The summed E-state index contributed by atoms with van der Waals surface area (Å²) >= 11 is 0. The van der Waals surface area contributed by atoms with Crippen molar-refractivity contribution in [1.82, 2.24) is 0 Å². The molecule has 1 aromatic rings. The Morgan fingerprint density at radius 2 is 2.07 bits per heavy atom. The molecule has 0 unspecified atom stereocenters. The molecule has 3 heteroatoms. The summed E-state index contributed by atoms with van der Waals surface area (Å²) in [5, 5.41) is 10.3. The maximum absolute atomic E-state index is 10.3. The fourth-order valence-corrected chi connectivity index (χ4v) is 1.13. The molecule has 0 aliphatic carbocycles. The van der Waals surface area contributed by atoms with Crippen LogP contribution in [0, 0.1) is 0 Å². The number of hydrogen-bond acceptors (Lipinski definition) is 2. The number of benzene rings is 1. The smallest absolute Gasteiger partial charge is 0.129 e. The van der Waals surface area contributed by atoms with E-state index in [1.54, 1.807) is 32.4 Å². The van der Waals surface area contributed by atoms with Crippen LogP contribution in [-0.4, -0.2) is 20.8 Å². The van der Waals surface area contributed by atoms with Crippen molar-refractivity contribution >= 4 is 6.08 Å². The summed E-state index contributed by atoms with van der Waals surface area (Å²) in [5.41, 5.74) is 0.879. The third-order valence-corrected chi connectivity index (χ3v) is 1.83. The van der Waals surface area contributed by atoms with Gasteiger partial charge in [-0.3, -0.25) is 0 Å². The molecule has 1 radical (unpaired) electrons. The fraction of sp³-hybridized carbons (Fsp3) is 0.273. The number of hydrogen-bond donors (Lipinski definition) is 0. The van der Waals surface area contributed by atoms with E-state index in [9.17, 15) is 5.11 Å². The van der Waals surface area contributed by atoms with E-state index in [0.717, 1.165) is 11.3 Å². The lowest BCUT2D eigenvalue weighted by Gasteiger charge is -2.06. The molecule has 0 aromatic heterocycles. The van der Waals surface area contributed by atoms with Gasteiger partial charge in [0.05, 0.1) is 14.2 Å². The Hall–Kier alpha value is -1.48. The zero-order valence-electron chi connectivity index (χ0n) is 8.32. The zero-order chi connectivity index (χ0) is 10.4. The Morgan fingerprint density at radius 3 is 2.64 bits per heavy atom. The van der Waals surface area contributed by atoms with E-state index in [-0.39, 0.29) is 6.61 Å². The molecule has 0 aliphatic heterocycles. The van der Waals surface area contributed by atoms with Gasteiger partial charge in [0.1, 0.15) is 18.1 Å². The van der Waals surface area contributed by atoms with Crippen LogP contribution in [0.25, 0.3) is 6.08 Å². The van der Waals surface area contributed by atoms with E-state index in [1.165, 1.54) is 0 Å². The van der Waals surface area contributed by atoms with Crippen LogP contribution in [0.2, 0.25) is 0 Å². The third-order valence-electron chi connectivity index (χ3n) is 1.83. The molecule has 14 heavy (non-hydrogen) atoms. The molecule has 0 heterocycles. The minimum absolute atomic E-state index is 0.227. The van der Waals surface area contributed by atoms with Crippen LogP contribution < -0.4 is 9.47 Å². The van der Waals surface area contributed by atoms with Crippen LogP contribution in [0.5, 0.6) is 11.5 Å². The zero-order valence-corrected chi connectivity index (χ0v) is 8.32. The van der Waals surface area contributed by atoms with Gasteiger partial charge < -0.3 is 9.47 Å². The van der Waals surface area contributed by atoms with Crippen molar-refractivity contribution in [3.63, 3.8) is 0 Å². The fourth-order valence-electron chi connectivity index (χ4n) is 1.13. The van der Waals surface area contributed by atoms with Gasteiger partial charge in [0.25, 0.3) is 0 Å². The van der Waals surface area contributed by atoms with E-state index >= 15 is 0 Å². The quantitative estimate of drug-likeness (QED) is 0.734. The van der Waals surface area contributed by atoms with Gasteiger partial charge in [0.15, 0.2) is 0 Å². The Morgan fingerprint density at radius 1 is 1.29 bits per heavy atom. The van der Waals surface area contributed by atoms with E-state index in [1.807, 2.05) is 12.1 Å². The second-order valence-corrected chi connectivity index (χ2v) is 2.68. The third kappa shape index (κ3) is 2.50. The number of methoxy groups -OCH3 is 2. The van der Waals surface area contributed by atoms with Crippen LogP contribution >= 0.6 is 0 Å². The van der Waals surface area contributed by atoms with Crippen molar-refractivity contribution in [3.8, 4) is 11.5 Å². The molecular formula is C11H13O3. The standard InChI is InChI=1S/C11H13O3/c1-13-10-6-5-9(4-3-7-12)11(8-10)14-2/h3-6,8H,7H2,1-2H3. The molecule has 1 aromatic carbocycles. The van der Waals surface area contributed by atoms with Crippen LogP contribution in [0.3, 0.4) is 0 Å². The van der Waals surface area contributed by atoms with Crippen LogP contribution in [-0.2, 0) is 5.11 Å². The first-order valence-electron chi connectivity index (χ1n) is 4.28. The number of ether oxygens (including phenoxy) is 2. The Labute approximate surface area is 83.6 Å².